The Labute approximate surface area is 165 Å². The number of esters is 1. The van der Waals surface area contributed by atoms with Gasteiger partial charge in [-0.25, -0.2) is 4.79 Å². The molecule has 2 atom stereocenters. The molecule has 1 aromatic carbocycles. The first kappa shape index (κ1) is 20.0. The van der Waals surface area contributed by atoms with Gasteiger partial charge in [0.15, 0.2) is 18.1 Å². The molecule has 0 bridgehead atoms. The van der Waals surface area contributed by atoms with Gasteiger partial charge < -0.3 is 23.8 Å². The lowest BCUT2D eigenvalue weighted by molar-refractivity contribution is -0.151. The highest BCUT2D eigenvalue weighted by Gasteiger charge is 2.29. The van der Waals surface area contributed by atoms with Crippen molar-refractivity contribution in [1.82, 2.24) is 4.90 Å². The maximum atomic E-state index is 12.4. The highest BCUT2D eigenvalue weighted by molar-refractivity contribution is 5.89. The monoisotopic (exact) mass is 389 g/mol. The highest BCUT2D eigenvalue weighted by Crippen LogP contribution is 2.40. The van der Waals surface area contributed by atoms with E-state index in [1.165, 1.54) is 6.08 Å². The number of ether oxygens (including phenoxy) is 4. The highest BCUT2D eigenvalue weighted by atomic mass is 16.6. The summed E-state index contributed by atoms with van der Waals surface area (Å²) >= 11 is 0. The molecule has 152 valence electrons. The minimum Gasteiger partial charge on any atom is -0.493 e. The third kappa shape index (κ3) is 4.58. The smallest absolute Gasteiger partial charge is 0.331 e. The summed E-state index contributed by atoms with van der Waals surface area (Å²) in [4.78, 5) is 26.3. The van der Waals surface area contributed by atoms with E-state index in [0.29, 0.717) is 36.0 Å². The van der Waals surface area contributed by atoms with E-state index in [1.807, 2.05) is 18.7 Å². The second kappa shape index (κ2) is 8.99. The van der Waals surface area contributed by atoms with Crippen molar-refractivity contribution in [2.45, 2.75) is 45.2 Å². The lowest BCUT2D eigenvalue weighted by Gasteiger charge is -2.38. The fraction of sp³-hybridized carbons (Fsp3) is 0.524. The molecule has 1 amide bonds. The van der Waals surface area contributed by atoms with Gasteiger partial charge in [-0.05, 0) is 56.9 Å². The molecule has 28 heavy (non-hydrogen) atoms. The molecule has 7 heteroatoms. The molecule has 0 N–H and O–H groups in total. The van der Waals surface area contributed by atoms with Crippen LogP contribution in [0.15, 0.2) is 18.2 Å². The van der Waals surface area contributed by atoms with Crippen molar-refractivity contribution in [2.75, 3.05) is 26.9 Å². The van der Waals surface area contributed by atoms with E-state index in [0.717, 1.165) is 19.3 Å². The third-order valence-electron chi connectivity index (χ3n) is 5.08. The number of likely N-dealkylation sites (tertiary alicyclic amines) is 1. The molecule has 3 rings (SSSR count). The van der Waals surface area contributed by atoms with Gasteiger partial charge in [-0.2, -0.15) is 0 Å². The number of hydrogen-bond donors (Lipinski definition) is 0. The number of carbonyl (C=O) groups excluding carboxylic acids is 2. The molecule has 2 aliphatic heterocycles. The Morgan fingerprint density at radius 1 is 1.18 bits per heavy atom. The average molecular weight is 389 g/mol. The Bertz CT molecular complexity index is 732. The van der Waals surface area contributed by atoms with Crippen LogP contribution < -0.4 is 14.2 Å². The van der Waals surface area contributed by atoms with E-state index in [1.54, 1.807) is 25.3 Å². The van der Waals surface area contributed by atoms with Crippen molar-refractivity contribution >= 4 is 18.0 Å². The van der Waals surface area contributed by atoms with Gasteiger partial charge >= 0.3 is 5.97 Å². The summed E-state index contributed by atoms with van der Waals surface area (Å²) in [5, 5.41) is 0. The number of methoxy groups -OCH3 is 1. The van der Waals surface area contributed by atoms with Crippen LogP contribution in [-0.4, -0.2) is 55.8 Å². The maximum absolute atomic E-state index is 12.4. The van der Waals surface area contributed by atoms with Crippen LogP contribution in [0.2, 0.25) is 0 Å². The zero-order valence-corrected chi connectivity index (χ0v) is 16.6. The molecule has 0 spiro atoms. The molecule has 0 radical (unpaired) electrons. The zero-order valence-electron chi connectivity index (χ0n) is 16.6. The van der Waals surface area contributed by atoms with E-state index in [9.17, 15) is 9.59 Å². The fourth-order valence-electron chi connectivity index (χ4n) is 3.72. The summed E-state index contributed by atoms with van der Waals surface area (Å²) in [7, 11) is 1.55. The molecule has 0 aliphatic carbocycles. The SMILES string of the molecule is COc1cc(/C=C/C(=O)OCC(=O)N2[C@@H](C)CCC[C@@H]2C)cc2c1OCCO2. The fourth-order valence-corrected chi connectivity index (χ4v) is 3.72. The molecule has 1 fully saturated rings. The number of amides is 1. The van der Waals surface area contributed by atoms with Gasteiger partial charge in [0.1, 0.15) is 13.2 Å². The molecule has 1 aromatic rings. The summed E-state index contributed by atoms with van der Waals surface area (Å²) in [5.74, 6) is 0.946. The molecule has 2 heterocycles. The van der Waals surface area contributed by atoms with Gasteiger partial charge in [-0.15, -0.1) is 0 Å². The molecular weight excluding hydrogens is 362 g/mol. The normalized spacial score (nSPS) is 21.5. The second-order valence-corrected chi connectivity index (χ2v) is 7.12. The molecule has 0 aromatic heterocycles. The summed E-state index contributed by atoms with van der Waals surface area (Å²) in [6, 6.07) is 3.87. The first-order valence-corrected chi connectivity index (χ1v) is 9.63. The van der Waals surface area contributed by atoms with Crippen molar-refractivity contribution in [3.8, 4) is 17.2 Å². The topological polar surface area (TPSA) is 74.3 Å². The Kier molecular flexibility index (Phi) is 6.44. The number of piperidine rings is 1. The number of fused-ring (bicyclic) bond motifs is 1. The molecule has 1 saturated heterocycles. The Morgan fingerprint density at radius 3 is 2.61 bits per heavy atom. The molecule has 2 aliphatic rings. The maximum Gasteiger partial charge on any atom is 0.331 e. The summed E-state index contributed by atoms with van der Waals surface area (Å²) in [5.41, 5.74) is 0.711. The minimum absolute atomic E-state index is 0.151. The van der Waals surface area contributed by atoms with E-state index in [2.05, 4.69) is 0 Å². The van der Waals surface area contributed by atoms with E-state index in [-0.39, 0.29) is 24.6 Å². The van der Waals surface area contributed by atoms with Crippen LogP contribution in [0.25, 0.3) is 6.08 Å². The predicted octanol–water partition coefficient (Wildman–Crippen LogP) is 2.81. The van der Waals surface area contributed by atoms with Crippen molar-refractivity contribution in [1.29, 1.82) is 0 Å². The van der Waals surface area contributed by atoms with Crippen molar-refractivity contribution in [2.24, 2.45) is 0 Å². The summed E-state index contributed by atoms with van der Waals surface area (Å²) in [6.45, 7) is 4.74. The van der Waals surface area contributed by atoms with Crippen molar-refractivity contribution in [3.63, 3.8) is 0 Å². The second-order valence-electron chi connectivity index (χ2n) is 7.12. The number of benzene rings is 1. The largest absolute Gasteiger partial charge is 0.493 e. The summed E-state index contributed by atoms with van der Waals surface area (Å²) < 4.78 is 21.6. The number of rotatable bonds is 5. The van der Waals surface area contributed by atoms with Crippen LogP contribution in [0, 0.1) is 0 Å². The van der Waals surface area contributed by atoms with Gasteiger partial charge in [0, 0.05) is 18.2 Å². The van der Waals surface area contributed by atoms with Crippen LogP contribution in [0.4, 0.5) is 0 Å². The van der Waals surface area contributed by atoms with Gasteiger partial charge in [-0.1, -0.05) is 0 Å². The first-order chi connectivity index (χ1) is 13.5. The summed E-state index contributed by atoms with van der Waals surface area (Å²) in [6.07, 6.45) is 5.97. The Balaban J connectivity index is 1.59. The van der Waals surface area contributed by atoms with E-state index in [4.69, 9.17) is 18.9 Å². The molecule has 0 unspecified atom stereocenters. The van der Waals surface area contributed by atoms with Crippen LogP contribution in [0.5, 0.6) is 17.2 Å². The van der Waals surface area contributed by atoms with Gasteiger partial charge in [0.25, 0.3) is 5.91 Å². The van der Waals surface area contributed by atoms with E-state index < -0.39 is 5.97 Å². The van der Waals surface area contributed by atoms with Gasteiger partial charge in [-0.3, -0.25) is 4.79 Å². The Hall–Kier alpha value is -2.70. The van der Waals surface area contributed by atoms with Crippen LogP contribution >= 0.6 is 0 Å². The quantitative estimate of drug-likeness (QED) is 0.570. The standard InChI is InChI=1S/C21H27NO6/c1-14-5-4-6-15(2)22(14)19(23)13-28-20(24)8-7-16-11-17(25-3)21-18(12-16)26-9-10-27-21/h7-8,11-12,14-15H,4-6,9-10,13H2,1-3H3/b8-7+/t14-,15-/m0/s1. The molecular formula is C21H27NO6. The first-order valence-electron chi connectivity index (χ1n) is 9.63. The van der Waals surface area contributed by atoms with Gasteiger partial charge in [0.05, 0.1) is 7.11 Å². The minimum atomic E-state index is -0.570. The Morgan fingerprint density at radius 2 is 1.89 bits per heavy atom. The molecule has 7 nitrogen and oxygen atoms in total. The third-order valence-corrected chi connectivity index (χ3v) is 5.08. The zero-order chi connectivity index (χ0) is 20.1. The predicted molar refractivity (Wildman–Crippen MR) is 104 cm³/mol. The number of carbonyl (C=O) groups is 2. The lowest BCUT2D eigenvalue weighted by Crippen LogP contribution is -2.49. The average Bonchev–Trinajstić information content (AvgIpc) is 2.69. The van der Waals surface area contributed by atoms with E-state index >= 15 is 0 Å². The molecule has 0 saturated carbocycles. The van der Waals surface area contributed by atoms with Crippen molar-refractivity contribution < 1.29 is 28.5 Å². The number of hydrogen-bond acceptors (Lipinski definition) is 6. The lowest BCUT2D eigenvalue weighted by atomic mass is 9.97. The van der Waals surface area contributed by atoms with Crippen LogP contribution in [-0.2, 0) is 14.3 Å². The van der Waals surface area contributed by atoms with Crippen molar-refractivity contribution in [3.05, 3.63) is 23.8 Å². The van der Waals surface area contributed by atoms with Crippen LogP contribution in [0.1, 0.15) is 38.7 Å². The van der Waals surface area contributed by atoms with Crippen LogP contribution in [0.3, 0.4) is 0 Å². The van der Waals surface area contributed by atoms with Gasteiger partial charge in [0.2, 0.25) is 5.75 Å². The number of nitrogens with zero attached hydrogens (tertiary/aromatic N) is 1.